The lowest BCUT2D eigenvalue weighted by Gasteiger charge is -2.19. The van der Waals surface area contributed by atoms with Gasteiger partial charge in [-0.1, -0.05) is 0 Å². The summed E-state index contributed by atoms with van der Waals surface area (Å²) >= 11 is 4.29. The molecule has 9 rings (SSSR count). The Morgan fingerprint density at radius 2 is 0.891 bits per heavy atom. The van der Waals surface area contributed by atoms with Crippen molar-refractivity contribution in [3.05, 3.63) is 179 Å². The van der Waals surface area contributed by atoms with E-state index in [0.29, 0.717) is 94.9 Å². The van der Waals surface area contributed by atoms with Gasteiger partial charge in [-0.15, -0.1) is 0 Å². The summed E-state index contributed by atoms with van der Waals surface area (Å²) in [5, 5.41) is 19.8. The highest BCUT2D eigenvalue weighted by atomic mass is 32.1. The fourth-order valence-corrected chi connectivity index (χ4v) is 11.8. The van der Waals surface area contributed by atoms with E-state index < -0.39 is 29.5 Å². The third kappa shape index (κ3) is 19.5. The quantitative estimate of drug-likeness (QED) is 0.0142. The van der Waals surface area contributed by atoms with Crippen molar-refractivity contribution in [3.63, 3.8) is 0 Å². The van der Waals surface area contributed by atoms with E-state index in [2.05, 4.69) is 69.7 Å². The van der Waals surface area contributed by atoms with E-state index in [4.69, 9.17) is 0 Å². The van der Waals surface area contributed by atoms with E-state index in [1.54, 1.807) is 164 Å². The largest absolute Gasteiger partial charge is 0.374 e. The van der Waals surface area contributed by atoms with Crippen molar-refractivity contribution in [3.8, 4) is 0 Å². The number of imidazole rings is 2. The second-order valence-electron chi connectivity index (χ2n) is 25.2. The highest BCUT2D eigenvalue weighted by molar-refractivity contribution is 7.79. The maximum atomic E-state index is 13.6. The highest BCUT2D eigenvalue weighted by Gasteiger charge is 2.24. The average molecular weight is 1400 g/mol. The van der Waals surface area contributed by atoms with E-state index in [-0.39, 0.29) is 96.5 Å². The Hall–Kier alpha value is -11.3. The molecule has 0 aliphatic rings. The van der Waals surface area contributed by atoms with Crippen LogP contribution in [0.5, 0.6) is 0 Å². The van der Waals surface area contributed by atoms with Crippen molar-refractivity contribution in [2.24, 2.45) is 56.4 Å². The first-order valence-corrected chi connectivity index (χ1v) is 33.4. The Labute approximate surface area is 589 Å². The zero-order chi connectivity index (χ0) is 72.8. The van der Waals surface area contributed by atoms with E-state index in [1.165, 1.54) is 27.5 Å². The zero-order valence-corrected chi connectivity index (χ0v) is 59.2. The molecule has 0 aliphatic heterocycles. The van der Waals surface area contributed by atoms with Crippen LogP contribution in [0.1, 0.15) is 139 Å². The van der Waals surface area contributed by atoms with Gasteiger partial charge in [0.15, 0.2) is 23.2 Å². The number of aromatic nitrogens is 11. The number of thiol groups is 1. The first-order chi connectivity index (χ1) is 48.2. The van der Waals surface area contributed by atoms with Crippen molar-refractivity contribution >= 4 is 99.9 Å². The molecular weight excluding hydrogens is 1310 g/mol. The van der Waals surface area contributed by atoms with Gasteiger partial charge in [-0.05, 0) is 105 Å². The van der Waals surface area contributed by atoms with Crippen LogP contribution in [0.25, 0.3) is 0 Å². The molecule has 30 nitrogen and oxygen atoms in total. The van der Waals surface area contributed by atoms with Crippen LogP contribution < -0.4 is 42.1 Å². The Bertz CT molecular complexity index is 4570. The normalized spacial score (nSPS) is 11.2. The number of anilines is 5. The molecule has 7 amide bonds. The molecule has 9 aromatic heterocycles. The van der Waals surface area contributed by atoms with Gasteiger partial charge in [0.05, 0.1) is 34.1 Å². The number of pyridine rings is 1. The van der Waals surface area contributed by atoms with Crippen molar-refractivity contribution in [2.75, 3.05) is 79.5 Å². The molecule has 0 saturated heterocycles. The minimum absolute atomic E-state index is 0.00325. The number of carbonyl (C=O) groups excluding carboxylic acids is 10. The van der Waals surface area contributed by atoms with Gasteiger partial charge in [-0.25, -0.2) is 9.97 Å². The maximum absolute atomic E-state index is 13.6. The van der Waals surface area contributed by atoms with Crippen molar-refractivity contribution in [1.29, 1.82) is 0 Å². The van der Waals surface area contributed by atoms with Crippen molar-refractivity contribution in [1.82, 2.24) is 72.3 Å². The Morgan fingerprint density at radius 1 is 0.426 bits per heavy atom. The van der Waals surface area contributed by atoms with Crippen LogP contribution in [0.2, 0.25) is 0 Å². The summed E-state index contributed by atoms with van der Waals surface area (Å²) in [4.78, 5) is 149. The molecule has 0 unspecified atom stereocenters. The molecule has 31 heteroatoms. The molecule has 0 bridgehead atoms. The fraction of sp³-hybridized carbons (Fsp3) is 0.357. The van der Waals surface area contributed by atoms with Gasteiger partial charge < -0.3 is 83.6 Å². The Morgan fingerprint density at radius 3 is 1.42 bits per heavy atom. The molecule has 101 heavy (non-hydrogen) atoms. The topological polar surface area (TPSA) is 340 Å². The molecule has 0 spiro atoms. The van der Waals surface area contributed by atoms with Gasteiger partial charge in [-0.3, -0.25) is 52.9 Å². The maximum Gasteiger partial charge on any atom is 0.291 e. The molecule has 7 N–H and O–H groups in total. The van der Waals surface area contributed by atoms with Crippen LogP contribution in [0.15, 0.2) is 110 Å². The predicted molar refractivity (Wildman–Crippen MR) is 384 cm³/mol. The number of rotatable bonds is 35. The Balaban J connectivity index is 0.655. The summed E-state index contributed by atoms with van der Waals surface area (Å²) in [6.07, 6.45) is 18.7. The molecule has 9 aromatic rings. The fourth-order valence-electron chi connectivity index (χ4n) is 11.7. The number of amides is 7. The summed E-state index contributed by atoms with van der Waals surface area (Å²) < 4.78 is 12.8. The number of hydrogen-bond donors (Lipinski definition) is 8. The molecule has 0 atom stereocenters. The first kappa shape index (κ1) is 73.9. The lowest BCUT2D eigenvalue weighted by molar-refractivity contribution is -0.121. The lowest BCUT2D eigenvalue weighted by Crippen LogP contribution is -2.32. The van der Waals surface area contributed by atoms with Crippen LogP contribution >= 0.6 is 12.6 Å². The number of hydrogen-bond acceptors (Lipinski definition) is 16. The van der Waals surface area contributed by atoms with Crippen molar-refractivity contribution < 1.29 is 47.9 Å². The third-order valence-electron chi connectivity index (χ3n) is 17.0. The number of ketones is 3. The highest BCUT2D eigenvalue weighted by Crippen LogP contribution is 2.23. The minimum atomic E-state index is -0.620. The molecule has 0 aliphatic carbocycles. The first-order valence-electron chi connectivity index (χ1n) is 32.8. The summed E-state index contributed by atoms with van der Waals surface area (Å²) in [6.45, 7) is 3.22. The van der Waals surface area contributed by atoms with Crippen LogP contribution in [0.4, 0.5) is 28.6 Å². The number of Topliss-reactive ketones (excluding diaryl/α,β-unsaturated/α-hetero) is 3. The van der Waals surface area contributed by atoms with Gasteiger partial charge in [-0.2, -0.15) is 12.6 Å². The van der Waals surface area contributed by atoms with Crippen LogP contribution in [-0.2, 0) is 91.0 Å². The molecule has 0 aromatic carbocycles. The van der Waals surface area contributed by atoms with Crippen molar-refractivity contribution in [2.45, 2.75) is 57.1 Å². The van der Waals surface area contributed by atoms with Gasteiger partial charge >= 0.3 is 0 Å². The average Bonchev–Trinajstić information content (AvgIpc) is 1.69. The number of aryl methyl sites for hydroxylation is 8. The van der Waals surface area contributed by atoms with Gasteiger partial charge in [0.2, 0.25) is 23.4 Å². The summed E-state index contributed by atoms with van der Waals surface area (Å²) in [6, 6.07) is 13.5. The molecule has 0 radical (unpaired) electrons. The van der Waals surface area contributed by atoms with Gasteiger partial charge in [0.25, 0.3) is 29.5 Å². The van der Waals surface area contributed by atoms with Gasteiger partial charge in [0, 0.05) is 195 Å². The number of carbonyl (C=O) groups is 10. The van der Waals surface area contributed by atoms with Crippen LogP contribution in [0, 0.1) is 0 Å². The minimum Gasteiger partial charge on any atom is -0.374 e. The molecule has 0 fully saturated rings. The third-order valence-corrected chi connectivity index (χ3v) is 17.3. The smallest absolute Gasteiger partial charge is 0.291 e. The Kier molecular flexibility index (Phi) is 24.5. The SMILES string of the molecule is CN(CCCNC(=O)CCN(C)c1ccnc(CS)c1)CCCNC(=O)c1cc(NC(=O)c2cc(NC(=O)c3cc(NC(=O)c4nc(NC(=O)CCCNC(=O)c5cc(CC(=O)c6cc(CC(=O)c7cc(CC(=O)c8nccn8C)cn7C)cn6C)cn5C)cn4C)cn3C)cn2C)cn1C. The summed E-state index contributed by atoms with van der Waals surface area (Å²) in [5.74, 6) is -2.34. The van der Waals surface area contributed by atoms with E-state index in [1.807, 2.05) is 31.1 Å². The van der Waals surface area contributed by atoms with E-state index in [9.17, 15) is 47.9 Å². The van der Waals surface area contributed by atoms with E-state index >= 15 is 0 Å². The standard InChI is InChI=1S/C70H86N20O10S/c1-81(22-12-18-72-62(94)16-24-82(2)51-15-20-71-50(32-51)43-101)23-13-19-75-67(97)55-33-47(39-87(55)7)76-68(98)56-34-48(40-88(56)8)77-69(99)57-35-49(41-89(57)9)78-70(100)65-80-61(42-90(65)10)79-63(95)14-11-17-74-66(96)54-28-46(38-86(54)6)30-59(92)52-26-44(36-84(52)4)29-58(91)53-27-45(37-85(53)5)31-60(93)64-73-21-25-83(64)3/h15,20-21,25-28,32-42,101H,11-14,16-19,22-24,29-31,43H2,1-10H3,(H,72,94)(H,74,96)(H,75,97)(H,76,98)(H,77,99)(H,78,100)(H,79,95). The molecule has 0 saturated carbocycles. The summed E-state index contributed by atoms with van der Waals surface area (Å²) in [5.41, 5.74) is 6.69. The molecule has 9 heterocycles. The number of nitrogens with one attached hydrogen (secondary N) is 7. The van der Waals surface area contributed by atoms with Crippen LogP contribution in [0.3, 0.4) is 0 Å². The molecular formula is C70H86N20O10S. The molecule has 532 valence electrons. The van der Waals surface area contributed by atoms with Crippen LogP contribution in [-0.4, -0.2) is 168 Å². The lowest BCUT2D eigenvalue weighted by atomic mass is 10.1. The second kappa shape index (κ2) is 33.5. The predicted octanol–water partition coefficient (Wildman–Crippen LogP) is 5.28. The second-order valence-corrected chi connectivity index (χ2v) is 25.5. The number of nitrogens with zero attached hydrogens (tertiary/aromatic N) is 13. The van der Waals surface area contributed by atoms with E-state index in [0.717, 1.165) is 30.9 Å². The zero-order valence-electron chi connectivity index (χ0n) is 58.3. The monoisotopic (exact) mass is 1400 g/mol. The van der Waals surface area contributed by atoms with Gasteiger partial charge in [0.1, 0.15) is 22.8 Å². The summed E-state index contributed by atoms with van der Waals surface area (Å²) in [7, 11) is 17.4.